The van der Waals surface area contributed by atoms with Gasteiger partial charge in [0.05, 0.1) is 12.7 Å². The average Bonchev–Trinajstić information content (AvgIpc) is 3.08. The minimum absolute atomic E-state index is 0.170. The highest BCUT2D eigenvalue weighted by Gasteiger charge is 2.14. The maximum atomic E-state index is 12.6. The number of hydrogen-bond acceptors (Lipinski definition) is 5. The van der Waals surface area contributed by atoms with Gasteiger partial charge in [0, 0.05) is 28.4 Å². The van der Waals surface area contributed by atoms with Gasteiger partial charge in [-0.3, -0.25) is 9.59 Å². The Balaban J connectivity index is 1.93. The normalized spacial score (nSPS) is 11.0. The van der Waals surface area contributed by atoms with Crippen molar-refractivity contribution in [3.05, 3.63) is 71.4 Å². The number of hydrogen-bond donors (Lipinski definition) is 2. The fraction of sp³-hybridized carbons (Fsp3) is 0.0909. The Bertz CT molecular complexity index is 1220. The molecular formula is C22H17N3O5. The molecule has 2 aromatic carbocycles. The number of carbonyl (C=O) groups excluding carboxylic acids is 2. The van der Waals surface area contributed by atoms with E-state index in [1.807, 2.05) is 6.07 Å². The lowest BCUT2D eigenvalue weighted by Gasteiger charge is -2.06. The Morgan fingerprint density at radius 1 is 1.20 bits per heavy atom. The minimum atomic E-state index is -1.00. The number of ether oxygens (including phenoxy) is 1. The van der Waals surface area contributed by atoms with Crippen LogP contribution in [0.5, 0.6) is 0 Å². The lowest BCUT2D eigenvalue weighted by molar-refractivity contribution is -0.137. The molecule has 0 saturated carbocycles. The molecule has 3 aromatic rings. The second-order valence-corrected chi connectivity index (χ2v) is 6.32. The highest BCUT2D eigenvalue weighted by molar-refractivity contribution is 6.11. The molecule has 0 aliphatic rings. The molecule has 0 unspecified atom stereocenters. The number of aromatic nitrogens is 1. The van der Waals surface area contributed by atoms with Crippen molar-refractivity contribution in [3.63, 3.8) is 0 Å². The second-order valence-electron chi connectivity index (χ2n) is 6.32. The number of nitrogens with one attached hydrogen (secondary N) is 1. The average molecular weight is 403 g/mol. The van der Waals surface area contributed by atoms with E-state index in [0.29, 0.717) is 22.2 Å². The molecule has 8 heteroatoms. The number of benzene rings is 2. The Kier molecular flexibility index (Phi) is 5.94. The smallest absolute Gasteiger partial charge is 0.337 e. The monoisotopic (exact) mass is 403 g/mol. The van der Waals surface area contributed by atoms with Crippen LogP contribution in [0.1, 0.15) is 15.9 Å². The van der Waals surface area contributed by atoms with Gasteiger partial charge in [-0.1, -0.05) is 24.3 Å². The van der Waals surface area contributed by atoms with Crippen LogP contribution in [-0.4, -0.2) is 34.6 Å². The molecule has 0 spiro atoms. The summed E-state index contributed by atoms with van der Waals surface area (Å²) >= 11 is 0. The lowest BCUT2D eigenvalue weighted by atomic mass is 10.1. The van der Waals surface area contributed by atoms with Crippen molar-refractivity contribution < 1.29 is 24.2 Å². The third kappa shape index (κ3) is 4.36. The van der Waals surface area contributed by atoms with Crippen molar-refractivity contribution in [2.45, 2.75) is 6.54 Å². The number of fused-ring (bicyclic) bond motifs is 1. The second kappa shape index (κ2) is 8.75. The van der Waals surface area contributed by atoms with Gasteiger partial charge >= 0.3 is 11.9 Å². The Labute approximate surface area is 171 Å². The summed E-state index contributed by atoms with van der Waals surface area (Å²) in [5.74, 6) is -2.21. The van der Waals surface area contributed by atoms with Crippen molar-refractivity contribution in [1.82, 2.24) is 4.57 Å². The number of carboxylic acids is 1. The van der Waals surface area contributed by atoms with Gasteiger partial charge in [0.25, 0.3) is 5.91 Å². The summed E-state index contributed by atoms with van der Waals surface area (Å²) in [6.07, 6.45) is 2.99. The molecule has 30 heavy (non-hydrogen) atoms. The van der Waals surface area contributed by atoms with Crippen LogP contribution in [0.15, 0.2) is 60.3 Å². The van der Waals surface area contributed by atoms with E-state index in [9.17, 15) is 19.6 Å². The van der Waals surface area contributed by atoms with E-state index >= 15 is 0 Å². The molecule has 1 heterocycles. The molecule has 1 aromatic heterocycles. The predicted molar refractivity (Wildman–Crippen MR) is 110 cm³/mol. The van der Waals surface area contributed by atoms with Crippen LogP contribution in [-0.2, 0) is 20.9 Å². The zero-order valence-electron chi connectivity index (χ0n) is 16.0. The number of esters is 1. The van der Waals surface area contributed by atoms with E-state index in [0.717, 1.165) is 0 Å². The molecule has 0 bridgehead atoms. The third-order valence-corrected chi connectivity index (χ3v) is 4.33. The van der Waals surface area contributed by atoms with E-state index in [2.05, 4.69) is 10.1 Å². The number of carboxylic acid groups (broad SMARTS) is 1. The topological polar surface area (TPSA) is 121 Å². The van der Waals surface area contributed by atoms with Crippen LogP contribution < -0.4 is 5.32 Å². The highest BCUT2D eigenvalue weighted by Crippen LogP contribution is 2.24. The minimum Gasteiger partial charge on any atom is -0.480 e. The molecule has 8 nitrogen and oxygen atoms in total. The maximum Gasteiger partial charge on any atom is 0.337 e. The molecular weight excluding hydrogens is 386 g/mol. The van der Waals surface area contributed by atoms with E-state index < -0.39 is 17.8 Å². The van der Waals surface area contributed by atoms with Gasteiger partial charge in [-0.25, -0.2) is 4.79 Å². The molecule has 1 amide bonds. The van der Waals surface area contributed by atoms with Gasteiger partial charge in [-0.05, 0) is 30.3 Å². The number of rotatable bonds is 6. The van der Waals surface area contributed by atoms with Crippen molar-refractivity contribution in [2.75, 3.05) is 12.4 Å². The largest absolute Gasteiger partial charge is 0.480 e. The summed E-state index contributed by atoms with van der Waals surface area (Å²) in [6.45, 7) is -0.247. The van der Waals surface area contributed by atoms with Gasteiger partial charge in [0.1, 0.15) is 18.2 Å². The van der Waals surface area contributed by atoms with Gasteiger partial charge in [-0.2, -0.15) is 5.26 Å². The van der Waals surface area contributed by atoms with Crippen molar-refractivity contribution >= 4 is 40.5 Å². The Morgan fingerprint density at radius 3 is 2.67 bits per heavy atom. The summed E-state index contributed by atoms with van der Waals surface area (Å²) in [5.41, 5.74) is 1.64. The molecule has 150 valence electrons. The molecule has 0 fully saturated rings. The zero-order chi connectivity index (χ0) is 21.7. The molecule has 0 saturated heterocycles. The van der Waals surface area contributed by atoms with Crippen molar-refractivity contribution in [1.29, 1.82) is 5.26 Å². The van der Waals surface area contributed by atoms with Crippen LogP contribution in [0.25, 0.3) is 17.0 Å². The fourth-order valence-corrected chi connectivity index (χ4v) is 3.01. The fourth-order valence-electron chi connectivity index (χ4n) is 3.01. The van der Waals surface area contributed by atoms with Crippen LogP contribution in [0.2, 0.25) is 0 Å². The molecule has 2 N–H and O–H groups in total. The Hall–Kier alpha value is -4.38. The first-order valence-corrected chi connectivity index (χ1v) is 8.84. The lowest BCUT2D eigenvalue weighted by Crippen LogP contribution is -2.14. The van der Waals surface area contributed by atoms with E-state index in [1.165, 1.54) is 23.8 Å². The van der Waals surface area contributed by atoms with Gasteiger partial charge in [0.2, 0.25) is 0 Å². The van der Waals surface area contributed by atoms with Crippen molar-refractivity contribution in [3.8, 4) is 6.07 Å². The first-order chi connectivity index (χ1) is 14.4. The first-order valence-electron chi connectivity index (χ1n) is 8.84. The summed E-state index contributed by atoms with van der Waals surface area (Å²) < 4.78 is 6.19. The van der Waals surface area contributed by atoms with E-state index in [4.69, 9.17) is 5.11 Å². The SMILES string of the molecule is COC(=O)c1cccc(NC(=O)/C(C#N)=C/c2cn(CC(=O)O)c3ccccc23)c1. The summed E-state index contributed by atoms with van der Waals surface area (Å²) in [5, 5.41) is 21.9. The van der Waals surface area contributed by atoms with Crippen LogP contribution in [0.4, 0.5) is 5.69 Å². The number of nitrogens with zero attached hydrogens (tertiary/aromatic N) is 2. The number of aliphatic carboxylic acids is 1. The molecule has 0 radical (unpaired) electrons. The first kappa shape index (κ1) is 20.4. The molecule has 0 atom stereocenters. The van der Waals surface area contributed by atoms with E-state index in [1.54, 1.807) is 48.7 Å². The summed E-state index contributed by atoms with van der Waals surface area (Å²) in [6, 6.07) is 15.1. The Morgan fingerprint density at radius 2 is 1.97 bits per heavy atom. The number of para-hydroxylation sites is 1. The number of nitriles is 1. The maximum absolute atomic E-state index is 12.6. The molecule has 3 rings (SSSR count). The van der Waals surface area contributed by atoms with Crippen LogP contribution >= 0.6 is 0 Å². The number of anilines is 1. The van der Waals surface area contributed by atoms with Gasteiger partial charge < -0.3 is 19.7 Å². The van der Waals surface area contributed by atoms with Gasteiger partial charge in [0.15, 0.2) is 0 Å². The van der Waals surface area contributed by atoms with Crippen LogP contribution in [0.3, 0.4) is 0 Å². The van der Waals surface area contributed by atoms with E-state index in [-0.39, 0.29) is 17.7 Å². The number of carbonyl (C=O) groups is 3. The van der Waals surface area contributed by atoms with Crippen molar-refractivity contribution in [2.24, 2.45) is 0 Å². The predicted octanol–water partition coefficient (Wildman–Crippen LogP) is 3.06. The standard InChI is InChI=1S/C22H17N3O5/c1-30-22(29)14-5-4-6-17(10-14)24-21(28)15(11-23)9-16-12-25(13-20(26)27)19-8-3-2-7-18(16)19/h2-10,12H,13H2,1H3,(H,24,28)(H,26,27)/b15-9+. The molecule has 0 aliphatic heterocycles. The highest BCUT2D eigenvalue weighted by atomic mass is 16.5. The zero-order valence-corrected chi connectivity index (χ0v) is 16.0. The number of amides is 1. The summed E-state index contributed by atoms with van der Waals surface area (Å²) in [7, 11) is 1.25. The van der Waals surface area contributed by atoms with Gasteiger partial charge in [-0.15, -0.1) is 0 Å². The molecule has 0 aliphatic carbocycles. The van der Waals surface area contributed by atoms with Crippen LogP contribution in [0, 0.1) is 11.3 Å². The third-order valence-electron chi connectivity index (χ3n) is 4.33. The quantitative estimate of drug-likeness (QED) is 0.371. The number of methoxy groups -OCH3 is 1. The summed E-state index contributed by atoms with van der Waals surface area (Å²) in [4.78, 5) is 35.4.